The number of nitriles is 1. The van der Waals surface area contributed by atoms with Gasteiger partial charge < -0.3 is 15.1 Å². The van der Waals surface area contributed by atoms with E-state index in [1.54, 1.807) is 6.92 Å². The van der Waals surface area contributed by atoms with Gasteiger partial charge in [0.2, 0.25) is 0 Å². The molecule has 0 heterocycles. The molecule has 0 aromatic rings. The molecule has 0 spiro atoms. The maximum atomic E-state index is 7.97. The van der Waals surface area contributed by atoms with Gasteiger partial charge in [0.1, 0.15) is 0 Å². The van der Waals surface area contributed by atoms with Gasteiger partial charge in [-0.2, -0.15) is 5.26 Å². The minimum Gasteiger partial charge on any atom is -0.412 e. The molecular formula is C6H16NO3P. The van der Waals surface area contributed by atoms with Crippen LogP contribution in [0, 0.1) is 11.3 Å². The van der Waals surface area contributed by atoms with Crippen LogP contribution in [-0.2, 0) is 4.52 Å². The fourth-order valence-electron chi connectivity index (χ4n) is 0.185. The van der Waals surface area contributed by atoms with Crippen LogP contribution in [0.2, 0.25) is 0 Å². The molecule has 0 saturated heterocycles. The summed E-state index contributed by atoms with van der Waals surface area (Å²) in [5, 5.41) is 15.5. The molecule has 0 aliphatic heterocycles. The second-order valence-electron chi connectivity index (χ2n) is 1.23. The van der Waals surface area contributed by atoms with Crippen molar-refractivity contribution >= 4 is 8.81 Å². The monoisotopic (exact) mass is 181 g/mol. The van der Waals surface area contributed by atoms with E-state index < -0.39 is 0 Å². The summed E-state index contributed by atoms with van der Waals surface area (Å²) >= 11 is 0. The Morgan fingerprint density at radius 1 is 1.55 bits per heavy atom. The highest BCUT2D eigenvalue weighted by Crippen LogP contribution is 2.07. The third kappa shape index (κ3) is 41.3. The molecule has 5 heteroatoms. The Bertz CT molecular complexity index is 84.4. The molecule has 11 heavy (non-hydrogen) atoms. The number of aliphatic hydroxyl groups is 1. The summed E-state index contributed by atoms with van der Waals surface area (Å²) < 4.78 is 4.88. The summed E-state index contributed by atoms with van der Waals surface area (Å²) in [6.45, 7) is 4.57. The Kier molecular flexibility index (Phi) is 35.0. The molecule has 1 unspecified atom stereocenters. The van der Waals surface area contributed by atoms with Crippen LogP contribution in [0.4, 0.5) is 0 Å². The largest absolute Gasteiger partial charge is 0.412 e. The van der Waals surface area contributed by atoms with Crippen LogP contribution >= 0.6 is 8.81 Å². The average molecular weight is 181 g/mol. The van der Waals surface area contributed by atoms with Gasteiger partial charge in [-0.05, 0) is 13.8 Å². The van der Waals surface area contributed by atoms with Crippen LogP contribution in [0.15, 0.2) is 0 Å². The van der Waals surface area contributed by atoms with E-state index in [4.69, 9.17) is 14.9 Å². The molecule has 0 bridgehead atoms. The van der Waals surface area contributed by atoms with E-state index in [1.807, 2.05) is 13.0 Å². The highest BCUT2D eigenvalue weighted by Gasteiger charge is 1.77. The molecule has 68 valence electrons. The van der Waals surface area contributed by atoms with Crippen molar-refractivity contribution in [3.05, 3.63) is 0 Å². The van der Waals surface area contributed by atoms with Crippen LogP contribution in [0.1, 0.15) is 13.8 Å². The smallest absolute Gasteiger partial charge is 0.0768 e. The lowest BCUT2D eigenvalue weighted by molar-refractivity contribution is 0.318. The summed E-state index contributed by atoms with van der Waals surface area (Å²) in [5.74, 6) is 0. The summed E-state index contributed by atoms with van der Waals surface area (Å²) in [7, 11) is 0.371. The summed E-state index contributed by atoms with van der Waals surface area (Å²) in [6.07, 6.45) is 0.536. The van der Waals surface area contributed by atoms with Crippen LogP contribution in [0.25, 0.3) is 0 Å². The Balaban J connectivity index is -0.000000140. The number of hydrogen-bond donors (Lipinski definition) is 1. The molecule has 0 amide bonds. The fourth-order valence-corrected chi connectivity index (χ4v) is 0.556. The number of rotatable bonds is 3. The Hall–Kier alpha value is -0.200. The molecule has 0 rings (SSSR count). The lowest BCUT2D eigenvalue weighted by atomic mass is 10.9. The SMILES string of the molecule is CCO.CCOPCC#N.O. The van der Waals surface area contributed by atoms with E-state index >= 15 is 0 Å². The van der Waals surface area contributed by atoms with Gasteiger partial charge in [-0.1, -0.05) is 0 Å². The maximum Gasteiger partial charge on any atom is 0.0768 e. The standard InChI is InChI=1S/C4H8NOP.C2H6O.H2O/c1-2-6-7-4-3-5;1-2-3;/h7H,2,4H2,1H3;3H,2H2,1H3;1H2. The topological polar surface area (TPSA) is 84.8 Å². The first-order valence-corrected chi connectivity index (χ1v) is 4.27. The van der Waals surface area contributed by atoms with Gasteiger partial charge in [-0.25, -0.2) is 0 Å². The molecule has 0 aromatic carbocycles. The van der Waals surface area contributed by atoms with Crippen LogP contribution in [0.5, 0.6) is 0 Å². The summed E-state index contributed by atoms with van der Waals surface area (Å²) in [4.78, 5) is 0. The van der Waals surface area contributed by atoms with E-state index in [0.29, 0.717) is 15.0 Å². The summed E-state index contributed by atoms with van der Waals surface area (Å²) in [5.41, 5.74) is 0. The third-order valence-corrected chi connectivity index (χ3v) is 1.19. The molecular weight excluding hydrogens is 165 g/mol. The van der Waals surface area contributed by atoms with Crippen molar-refractivity contribution in [3.8, 4) is 6.07 Å². The van der Waals surface area contributed by atoms with Crippen molar-refractivity contribution in [3.63, 3.8) is 0 Å². The normalized spacial score (nSPS) is 7.82. The van der Waals surface area contributed by atoms with Crippen molar-refractivity contribution in [1.29, 1.82) is 5.26 Å². The average Bonchev–Trinajstić information content (AvgIpc) is 1.91. The molecule has 0 radical (unpaired) electrons. The summed E-state index contributed by atoms with van der Waals surface area (Å²) in [6, 6.07) is 1.99. The van der Waals surface area contributed by atoms with E-state index in [0.717, 1.165) is 6.61 Å². The number of aliphatic hydroxyl groups excluding tert-OH is 1. The molecule has 4 nitrogen and oxygen atoms in total. The first-order valence-electron chi connectivity index (χ1n) is 3.15. The third-order valence-electron chi connectivity index (χ3n) is 0.398. The van der Waals surface area contributed by atoms with Crippen molar-refractivity contribution in [2.75, 3.05) is 19.4 Å². The zero-order chi connectivity index (χ0) is 8.24. The predicted molar refractivity (Wildman–Crippen MR) is 46.8 cm³/mol. The van der Waals surface area contributed by atoms with E-state index in [2.05, 4.69) is 0 Å². The second-order valence-corrected chi connectivity index (χ2v) is 2.16. The van der Waals surface area contributed by atoms with Gasteiger partial charge in [0.05, 0.1) is 12.2 Å². The van der Waals surface area contributed by atoms with Crippen molar-refractivity contribution in [2.24, 2.45) is 0 Å². The molecule has 0 saturated carbocycles. The first kappa shape index (κ1) is 17.0. The molecule has 0 aliphatic carbocycles. The highest BCUT2D eigenvalue weighted by molar-refractivity contribution is 7.32. The van der Waals surface area contributed by atoms with E-state index in [1.165, 1.54) is 0 Å². The number of nitrogens with zero attached hydrogens (tertiary/aromatic N) is 1. The Labute approximate surface area is 69.4 Å². The van der Waals surface area contributed by atoms with Crippen molar-refractivity contribution in [2.45, 2.75) is 13.8 Å². The van der Waals surface area contributed by atoms with Gasteiger partial charge in [0.15, 0.2) is 0 Å². The first-order chi connectivity index (χ1) is 4.83. The lowest BCUT2D eigenvalue weighted by Gasteiger charge is -1.90. The van der Waals surface area contributed by atoms with Gasteiger partial charge in [0.25, 0.3) is 0 Å². The zero-order valence-electron chi connectivity index (χ0n) is 6.92. The van der Waals surface area contributed by atoms with Crippen LogP contribution in [0.3, 0.4) is 0 Å². The van der Waals surface area contributed by atoms with Crippen LogP contribution in [-0.4, -0.2) is 30.0 Å². The fraction of sp³-hybridized carbons (Fsp3) is 0.833. The lowest BCUT2D eigenvalue weighted by Crippen LogP contribution is -1.74. The minimum atomic E-state index is 0. The quantitative estimate of drug-likeness (QED) is 0.502. The van der Waals surface area contributed by atoms with Crippen molar-refractivity contribution in [1.82, 2.24) is 0 Å². The Morgan fingerprint density at radius 2 is 2.00 bits per heavy atom. The predicted octanol–water partition coefficient (Wildman–Crippen LogP) is 0.314. The van der Waals surface area contributed by atoms with E-state index in [-0.39, 0.29) is 12.1 Å². The van der Waals surface area contributed by atoms with Gasteiger partial charge in [-0.3, -0.25) is 0 Å². The van der Waals surface area contributed by atoms with Crippen LogP contribution < -0.4 is 0 Å². The highest BCUT2D eigenvalue weighted by atomic mass is 31.1. The molecule has 0 fully saturated rings. The molecule has 0 aromatic heterocycles. The molecule has 3 N–H and O–H groups in total. The van der Waals surface area contributed by atoms with Gasteiger partial charge in [0, 0.05) is 22.0 Å². The minimum absolute atomic E-state index is 0. The van der Waals surface area contributed by atoms with Gasteiger partial charge >= 0.3 is 0 Å². The Morgan fingerprint density at radius 3 is 2.27 bits per heavy atom. The zero-order valence-corrected chi connectivity index (χ0v) is 7.92. The van der Waals surface area contributed by atoms with Crippen molar-refractivity contribution < 1.29 is 15.1 Å². The second kappa shape index (κ2) is 22.6. The number of hydrogen-bond acceptors (Lipinski definition) is 3. The maximum absolute atomic E-state index is 7.97. The van der Waals surface area contributed by atoms with Gasteiger partial charge in [-0.15, -0.1) is 0 Å². The van der Waals surface area contributed by atoms with E-state index in [9.17, 15) is 0 Å². The molecule has 0 aliphatic rings. The molecule has 1 atom stereocenters.